The average Bonchev–Trinajstić information content (AvgIpc) is 2.87. The van der Waals surface area contributed by atoms with Crippen molar-refractivity contribution < 1.29 is 19.0 Å². The predicted molar refractivity (Wildman–Crippen MR) is 135 cm³/mol. The van der Waals surface area contributed by atoms with Gasteiger partial charge in [0.05, 0.1) is 25.0 Å². The standard InChI is InChI=1S/C29H35NO4/c1-3-5-7-21-33-28-19-14-25(30-22-28)13-8-23-9-15-27(16-10-23)34-29(31)24-11-17-26(18-12-24)32-20-6-4-2/h9-12,14-19,22H,3-8,13,20-21H2,1-2H3. The molecule has 0 amide bonds. The molecule has 0 unspecified atom stereocenters. The highest BCUT2D eigenvalue weighted by Crippen LogP contribution is 2.18. The van der Waals surface area contributed by atoms with Gasteiger partial charge in [-0.15, -0.1) is 0 Å². The first-order valence-corrected chi connectivity index (χ1v) is 12.3. The number of aryl methyl sites for hydroxylation is 2. The highest BCUT2D eigenvalue weighted by molar-refractivity contribution is 5.91. The molecule has 0 atom stereocenters. The monoisotopic (exact) mass is 461 g/mol. The Balaban J connectivity index is 1.43. The molecule has 0 spiro atoms. The first-order valence-electron chi connectivity index (χ1n) is 12.3. The van der Waals surface area contributed by atoms with E-state index in [-0.39, 0.29) is 5.97 Å². The summed E-state index contributed by atoms with van der Waals surface area (Å²) >= 11 is 0. The Hall–Kier alpha value is -3.34. The van der Waals surface area contributed by atoms with Crippen LogP contribution in [0.5, 0.6) is 17.2 Å². The number of hydrogen-bond donors (Lipinski definition) is 0. The number of carbonyl (C=O) groups excluding carboxylic acids is 1. The van der Waals surface area contributed by atoms with Crippen LogP contribution in [0.1, 0.15) is 67.6 Å². The summed E-state index contributed by atoms with van der Waals surface area (Å²) in [6.07, 6.45) is 9.04. The van der Waals surface area contributed by atoms with Gasteiger partial charge in [-0.05, 0) is 79.8 Å². The minimum atomic E-state index is -0.380. The van der Waals surface area contributed by atoms with Crippen molar-refractivity contribution in [3.63, 3.8) is 0 Å². The zero-order valence-corrected chi connectivity index (χ0v) is 20.3. The number of unbranched alkanes of at least 4 members (excludes halogenated alkanes) is 3. The average molecular weight is 462 g/mol. The van der Waals surface area contributed by atoms with Crippen LogP contribution in [0, 0.1) is 0 Å². The molecule has 0 aliphatic heterocycles. The minimum absolute atomic E-state index is 0.380. The topological polar surface area (TPSA) is 57.7 Å². The van der Waals surface area contributed by atoms with E-state index in [1.165, 1.54) is 12.8 Å². The first-order chi connectivity index (χ1) is 16.7. The summed E-state index contributed by atoms with van der Waals surface area (Å²) in [6.45, 7) is 5.73. The quantitative estimate of drug-likeness (QED) is 0.150. The zero-order chi connectivity index (χ0) is 24.0. The van der Waals surface area contributed by atoms with E-state index in [0.29, 0.717) is 17.9 Å². The van der Waals surface area contributed by atoms with E-state index in [9.17, 15) is 4.79 Å². The van der Waals surface area contributed by atoms with Gasteiger partial charge in [0.1, 0.15) is 17.2 Å². The van der Waals surface area contributed by atoms with Crippen LogP contribution in [0.3, 0.4) is 0 Å². The Morgan fingerprint density at radius 1 is 0.706 bits per heavy atom. The third-order valence-corrected chi connectivity index (χ3v) is 5.47. The lowest BCUT2D eigenvalue weighted by Crippen LogP contribution is -2.08. The second kappa shape index (κ2) is 14.0. The van der Waals surface area contributed by atoms with Crippen LogP contribution in [-0.2, 0) is 12.8 Å². The van der Waals surface area contributed by atoms with Gasteiger partial charge < -0.3 is 14.2 Å². The van der Waals surface area contributed by atoms with Crippen LogP contribution in [0.25, 0.3) is 0 Å². The van der Waals surface area contributed by atoms with E-state index < -0.39 is 0 Å². The van der Waals surface area contributed by atoms with Gasteiger partial charge in [-0.25, -0.2) is 4.79 Å². The van der Waals surface area contributed by atoms with E-state index in [0.717, 1.165) is 61.5 Å². The first kappa shape index (κ1) is 25.3. The molecule has 0 bridgehead atoms. The fourth-order valence-corrected chi connectivity index (χ4v) is 3.37. The normalized spacial score (nSPS) is 10.6. The molecule has 0 N–H and O–H groups in total. The van der Waals surface area contributed by atoms with Crippen molar-refractivity contribution in [2.45, 2.75) is 58.8 Å². The molecule has 180 valence electrons. The molecule has 34 heavy (non-hydrogen) atoms. The summed E-state index contributed by atoms with van der Waals surface area (Å²) in [5.74, 6) is 1.73. The number of benzene rings is 2. The van der Waals surface area contributed by atoms with Gasteiger partial charge in [0.2, 0.25) is 0 Å². The van der Waals surface area contributed by atoms with Crippen molar-refractivity contribution in [1.82, 2.24) is 4.98 Å². The zero-order valence-electron chi connectivity index (χ0n) is 20.3. The lowest BCUT2D eigenvalue weighted by atomic mass is 10.1. The third-order valence-electron chi connectivity index (χ3n) is 5.47. The predicted octanol–water partition coefficient (Wildman–Crippen LogP) is 6.83. The number of nitrogens with zero attached hydrogens (tertiary/aromatic N) is 1. The largest absolute Gasteiger partial charge is 0.494 e. The van der Waals surface area contributed by atoms with Gasteiger partial charge in [-0.2, -0.15) is 0 Å². The van der Waals surface area contributed by atoms with E-state index in [4.69, 9.17) is 14.2 Å². The summed E-state index contributed by atoms with van der Waals surface area (Å²) in [5, 5.41) is 0. The molecule has 0 radical (unpaired) electrons. The Labute approximate surface area is 203 Å². The summed E-state index contributed by atoms with van der Waals surface area (Å²) in [5.41, 5.74) is 2.68. The van der Waals surface area contributed by atoms with Crippen molar-refractivity contribution in [1.29, 1.82) is 0 Å². The Morgan fingerprint density at radius 2 is 1.35 bits per heavy atom. The number of aromatic nitrogens is 1. The van der Waals surface area contributed by atoms with Crippen LogP contribution in [0.15, 0.2) is 66.9 Å². The van der Waals surface area contributed by atoms with Crippen molar-refractivity contribution in [3.05, 3.63) is 83.7 Å². The number of pyridine rings is 1. The molecule has 3 rings (SSSR count). The SMILES string of the molecule is CCCCCOc1ccc(CCc2ccc(OC(=O)c3ccc(OCCCC)cc3)cc2)nc1. The maximum atomic E-state index is 12.4. The lowest BCUT2D eigenvalue weighted by Gasteiger charge is -2.08. The fourth-order valence-electron chi connectivity index (χ4n) is 3.37. The van der Waals surface area contributed by atoms with Gasteiger partial charge in [0, 0.05) is 5.69 Å². The molecular formula is C29H35NO4. The van der Waals surface area contributed by atoms with E-state index in [2.05, 4.69) is 18.8 Å². The van der Waals surface area contributed by atoms with Gasteiger partial charge in [0.15, 0.2) is 0 Å². The molecule has 0 aliphatic rings. The lowest BCUT2D eigenvalue weighted by molar-refractivity contribution is 0.0734. The number of ether oxygens (including phenoxy) is 3. The Kier molecular flexibility index (Phi) is 10.4. The van der Waals surface area contributed by atoms with Crippen molar-refractivity contribution in [2.24, 2.45) is 0 Å². The summed E-state index contributed by atoms with van der Waals surface area (Å²) < 4.78 is 16.9. The molecule has 2 aromatic carbocycles. The molecule has 1 aromatic heterocycles. The number of rotatable bonds is 14. The van der Waals surface area contributed by atoms with Crippen molar-refractivity contribution in [2.75, 3.05) is 13.2 Å². The van der Waals surface area contributed by atoms with E-state index in [1.54, 1.807) is 30.5 Å². The third kappa shape index (κ3) is 8.54. The van der Waals surface area contributed by atoms with Gasteiger partial charge >= 0.3 is 5.97 Å². The van der Waals surface area contributed by atoms with Gasteiger partial charge in [-0.1, -0.05) is 45.2 Å². The maximum Gasteiger partial charge on any atom is 0.343 e. The van der Waals surface area contributed by atoms with E-state index >= 15 is 0 Å². The molecule has 5 nitrogen and oxygen atoms in total. The van der Waals surface area contributed by atoms with Crippen molar-refractivity contribution >= 4 is 5.97 Å². The molecule has 3 aromatic rings. The number of esters is 1. The van der Waals surface area contributed by atoms with Gasteiger partial charge in [-0.3, -0.25) is 4.98 Å². The van der Waals surface area contributed by atoms with Crippen molar-refractivity contribution in [3.8, 4) is 17.2 Å². The van der Waals surface area contributed by atoms with Crippen LogP contribution in [0.4, 0.5) is 0 Å². The molecule has 5 heteroatoms. The smallest absolute Gasteiger partial charge is 0.343 e. The summed E-state index contributed by atoms with van der Waals surface area (Å²) in [6, 6.07) is 18.7. The molecule has 1 heterocycles. The van der Waals surface area contributed by atoms with Crippen LogP contribution >= 0.6 is 0 Å². The highest BCUT2D eigenvalue weighted by atomic mass is 16.5. The van der Waals surface area contributed by atoms with Crippen LogP contribution in [-0.4, -0.2) is 24.2 Å². The van der Waals surface area contributed by atoms with Gasteiger partial charge in [0.25, 0.3) is 0 Å². The second-order valence-corrected chi connectivity index (χ2v) is 8.30. The summed E-state index contributed by atoms with van der Waals surface area (Å²) in [4.78, 5) is 16.9. The van der Waals surface area contributed by atoms with Crippen LogP contribution < -0.4 is 14.2 Å². The molecule has 0 aliphatic carbocycles. The number of carbonyl (C=O) groups is 1. The summed E-state index contributed by atoms with van der Waals surface area (Å²) in [7, 11) is 0. The van der Waals surface area contributed by atoms with E-state index in [1.807, 2.05) is 36.4 Å². The maximum absolute atomic E-state index is 12.4. The Morgan fingerprint density at radius 3 is 2.03 bits per heavy atom. The fraction of sp³-hybridized carbons (Fsp3) is 0.379. The Bertz CT molecular complexity index is 982. The van der Waals surface area contributed by atoms with Crippen LogP contribution in [0.2, 0.25) is 0 Å². The molecule has 0 saturated heterocycles. The second-order valence-electron chi connectivity index (χ2n) is 8.30. The minimum Gasteiger partial charge on any atom is -0.494 e. The number of hydrogen-bond acceptors (Lipinski definition) is 5. The molecule has 0 fully saturated rings. The molecule has 0 saturated carbocycles. The highest BCUT2D eigenvalue weighted by Gasteiger charge is 2.09. The molecular weight excluding hydrogens is 426 g/mol.